The predicted octanol–water partition coefficient (Wildman–Crippen LogP) is 1.98. The molecule has 3 N–H and O–H groups in total. The molecular formula is C15H30N4. The van der Waals surface area contributed by atoms with Gasteiger partial charge in [0.25, 0.3) is 0 Å². The van der Waals surface area contributed by atoms with E-state index in [4.69, 9.17) is 5.73 Å². The number of piperidine rings is 1. The Kier molecular flexibility index (Phi) is 7.56. The van der Waals surface area contributed by atoms with Gasteiger partial charge in [0.15, 0.2) is 5.96 Å². The van der Waals surface area contributed by atoms with E-state index in [9.17, 15) is 0 Å². The fourth-order valence-electron chi connectivity index (χ4n) is 2.44. The van der Waals surface area contributed by atoms with Crippen LogP contribution < -0.4 is 11.1 Å². The number of nitrogens with one attached hydrogen (secondary N) is 1. The number of nitrogens with zero attached hydrogens (tertiary/aromatic N) is 2. The summed E-state index contributed by atoms with van der Waals surface area (Å²) in [5.74, 6) is 1.41. The zero-order valence-corrected chi connectivity index (χ0v) is 12.6. The maximum absolute atomic E-state index is 5.75. The number of rotatable bonds is 7. The van der Waals surface area contributed by atoms with Crippen LogP contribution in [0, 0.1) is 5.92 Å². The molecule has 1 unspecified atom stereocenters. The third-order valence-electron chi connectivity index (χ3n) is 3.47. The van der Waals surface area contributed by atoms with Crippen molar-refractivity contribution in [2.24, 2.45) is 16.6 Å². The summed E-state index contributed by atoms with van der Waals surface area (Å²) < 4.78 is 0. The molecule has 0 aromatic heterocycles. The number of unbranched alkanes of at least 4 members (excludes halogenated alkanes) is 1. The fraction of sp³-hybridized carbons (Fsp3) is 0.800. The molecule has 4 heteroatoms. The lowest BCUT2D eigenvalue weighted by Crippen LogP contribution is -2.36. The molecule has 0 saturated carbocycles. The Labute approximate surface area is 118 Å². The van der Waals surface area contributed by atoms with Gasteiger partial charge >= 0.3 is 0 Å². The van der Waals surface area contributed by atoms with Gasteiger partial charge in [0.05, 0.1) is 6.54 Å². The molecule has 1 rings (SSSR count). The summed E-state index contributed by atoms with van der Waals surface area (Å²) in [5, 5.41) is 3.15. The summed E-state index contributed by atoms with van der Waals surface area (Å²) in [6.45, 7) is 13.4. The lowest BCUT2D eigenvalue weighted by atomic mass is 10.0. The van der Waals surface area contributed by atoms with Gasteiger partial charge in [-0.1, -0.05) is 19.1 Å². The van der Waals surface area contributed by atoms with Gasteiger partial charge in [-0.05, 0) is 51.6 Å². The molecule has 1 saturated heterocycles. The molecular weight excluding hydrogens is 236 g/mol. The predicted molar refractivity (Wildman–Crippen MR) is 83.4 cm³/mol. The number of hydrogen-bond donors (Lipinski definition) is 2. The molecule has 0 amide bonds. The van der Waals surface area contributed by atoms with Crippen LogP contribution in [0.1, 0.15) is 39.5 Å². The van der Waals surface area contributed by atoms with E-state index in [1.807, 2.05) is 6.92 Å². The van der Waals surface area contributed by atoms with Crippen molar-refractivity contribution in [3.8, 4) is 0 Å². The first-order chi connectivity index (χ1) is 9.08. The molecule has 0 bridgehead atoms. The third-order valence-corrected chi connectivity index (χ3v) is 3.47. The second kappa shape index (κ2) is 8.97. The highest BCUT2D eigenvalue weighted by molar-refractivity contribution is 5.77. The van der Waals surface area contributed by atoms with Gasteiger partial charge in [0, 0.05) is 13.1 Å². The molecule has 19 heavy (non-hydrogen) atoms. The Morgan fingerprint density at radius 1 is 1.47 bits per heavy atom. The van der Waals surface area contributed by atoms with E-state index in [0.29, 0.717) is 12.5 Å². The van der Waals surface area contributed by atoms with E-state index in [1.54, 1.807) is 0 Å². The maximum Gasteiger partial charge on any atom is 0.188 e. The minimum absolute atomic E-state index is 0.537. The van der Waals surface area contributed by atoms with Crippen LogP contribution >= 0.6 is 0 Å². The topological polar surface area (TPSA) is 53.6 Å². The molecule has 1 aliphatic rings. The van der Waals surface area contributed by atoms with Gasteiger partial charge in [-0.3, -0.25) is 0 Å². The van der Waals surface area contributed by atoms with Crippen molar-refractivity contribution in [1.82, 2.24) is 10.2 Å². The first-order valence-electron chi connectivity index (χ1n) is 7.48. The van der Waals surface area contributed by atoms with Crippen molar-refractivity contribution in [2.75, 3.05) is 32.7 Å². The number of guanidine groups is 1. The average molecular weight is 266 g/mol. The van der Waals surface area contributed by atoms with Gasteiger partial charge in [0.2, 0.25) is 0 Å². The Balaban J connectivity index is 2.01. The van der Waals surface area contributed by atoms with Crippen LogP contribution in [-0.4, -0.2) is 43.6 Å². The molecule has 0 aromatic carbocycles. The summed E-state index contributed by atoms with van der Waals surface area (Å²) >= 11 is 0. The monoisotopic (exact) mass is 266 g/mol. The van der Waals surface area contributed by atoms with Crippen LogP contribution in [0.2, 0.25) is 0 Å². The maximum atomic E-state index is 5.75. The Bertz CT molecular complexity index is 299. The molecule has 0 aromatic rings. The van der Waals surface area contributed by atoms with Crippen molar-refractivity contribution in [3.05, 3.63) is 12.2 Å². The second-order valence-corrected chi connectivity index (χ2v) is 5.84. The molecule has 110 valence electrons. The highest BCUT2D eigenvalue weighted by atomic mass is 15.1. The number of aliphatic imine (C=N–C) groups is 1. The summed E-state index contributed by atoms with van der Waals surface area (Å²) in [4.78, 5) is 6.78. The van der Waals surface area contributed by atoms with E-state index in [0.717, 1.165) is 24.5 Å². The molecule has 0 spiro atoms. The minimum Gasteiger partial charge on any atom is -0.370 e. The van der Waals surface area contributed by atoms with Gasteiger partial charge < -0.3 is 16.0 Å². The molecule has 1 atom stereocenters. The van der Waals surface area contributed by atoms with E-state index in [-0.39, 0.29) is 0 Å². The summed E-state index contributed by atoms with van der Waals surface area (Å²) in [7, 11) is 0. The summed E-state index contributed by atoms with van der Waals surface area (Å²) in [6.07, 6.45) is 5.13. The smallest absolute Gasteiger partial charge is 0.188 e. The van der Waals surface area contributed by atoms with Gasteiger partial charge in [-0.25, -0.2) is 4.99 Å². The Hall–Kier alpha value is -1.03. The van der Waals surface area contributed by atoms with Crippen LogP contribution in [0.5, 0.6) is 0 Å². The quantitative estimate of drug-likeness (QED) is 0.321. The lowest BCUT2D eigenvalue weighted by Gasteiger charge is -2.30. The van der Waals surface area contributed by atoms with Crippen LogP contribution in [0.4, 0.5) is 0 Å². The number of nitrogens with two attached hydrogens (primary N) is 1. The van der Waals surface area contributed by atoms with Crippen molar-refractivity contribution in [3.63, 3.8) is 0 Å². The van der Waals surface area contributed by atoms with E-state index >= 15 is 0 Å². The second-order valence-electron chi connectivity index (χ2n) is 5.84. The molecule has 0 radical (unpaired) electrons. The summed E-state index contributed by atoms with van der Waals surface area (Å²) in [5.41, 5.74) is 6.78. The van der Waals surface area contributed by atoms with Crippen molar-refractivity contribution < 1.29 is 0 Å². The summed E-state index contributed by atoms with van der Waals surface area (Å²) in [6, 6.07) is 0. The molecule has 1 aliphatic heterocycles. The van der Waals surface area contributed by atoms with E-state index < -0.39 is 0 Å². The van der Waals surface area contributed by atoms with Crippen LogP contribution in [0.15, 0.2) is 17.1 Å². The Morgan fingerprint density at radius 2 is 2.26 bits per heavy atom. The zero-order valence-electron chi connectivity index (χ0n) is 12.6. The van der Waals surface area contributed by atoms with Crippen molar-refractivity contribution in [1.29, 1.82) is 0 Å². The standard InChI is InChI=1S/C15H30N4/c1-13(2)11-18-15(16)17-8-4-5-9-19-10-6-7-14(3)12-19/h14H,1,4-12H2,2-3H3,(H3,16,17,18). The number of likely N-dealkylation sites (tertiary alicyclic amines) is 1. The number of hydrogen-bond acceptors (Lipinski definition) is 2. The first kappa shape index (κ1) is 16.0. The van der Waals surface area contributed by atoms with E-state index in [2.05, 4.69) is 28.7 Å². The van der Waals surface area contributed by atoms with Crippen LogP contribution in [0.3, 0.4) is 0 Å². The van der Waals surface area contributed by atoms with Crippen LogP contribution in [-0.2, 0) is 0 Å². The van der Waals surface area contributed by atoms with Crippen molar-refractivity contribution in [2.45, 2.75) is 39.5 Å². The first-order valence-corrected chi connectivity index (χ1v) is 7.48. The molecule has 0 aliphatic carbocycles. The average Bonchev–Trinajstić information content (AvgIpc) is 2.36. The highest BCUT2D eigenvalue weighted by Crippen LogP contribution is 2.15. The van der Waals surface area contributed by atoms with E-state index in [1.165, 1.54) is 38.9 Å². The lowest BCUT2D eigenvalue weighted by molar-refractivity contribution is 0.181. The zero-order chi connectivity index (χ0) is 14.1. The largest absolute Gasteiger partial charge is 0.370 e. The molecule has 1 fully saturated rings. The highest BCUT2D eigenvalue weighted by Gasteiger charge is 2.15. The molecule has 1 heterocycles. The normalized spacial score (nSPS) is 21.4. The third kappa shape index (κ3) is 7.88. The molecule has 4 nitrogen and oxygen atoms in total. The minimum atomic E-state index is 0.537. The Morgan fingerprint density at radius 3 is 2.95 bits per heavy atom. The van der Waals surface area contributed by atoms with Crippen LogP contribution in [0.25, 0.3) is 0 Å². The van der Waals surface area contributed by atoms with Crippen molar-refractivity contribution >= 4 is 5.96 Å². The van der Waals surface area contributed by atoms with Gasteiger partial charge in [-0.15, -0.1) is 0 Å². The SMILES string of the molecule is C=C(C)CN=C(N)NCCCCN1CCCC(C)C1. The van der Waals surface area contributed by atoms with Gasteiger partial charge in [-0.2, -0.15) is 0 Å². The fourth-order valence-corrected chi connectivity index (χ4v) is 2.44. The van der Waals surface area contributed by atoms with Gasteiger partial charge in [0.1, 0.15) is 0 Å².